The van der Waals surface area contributed by atoms with Crippen molar-refractivity contribution in [2.45, 2.75) is 23.3 Å². The van der Waals surface area contributed by atoms with Crippen molar-refractivity contribution in [3.63, 3.8) is 0 Å². The highest BCUT2D eigenvalue weighted by Gasteiger charge is 2.65. The van der Waals surface area contributed by atoms with Gasteiger partial charge in [-0.15, -0.1) is 0 Å². The van der Waals surface area contributed by atoms with Crippen molar-refractivity contribution in [3.05, 3.63) is 144 Å². The van der Waals surface area contributed by atoms with E-state index in [4.69, 9.17) is 14.0 Å². The fourth-order valence-corrected chi connectivity index (χ4v) is 7.18. The van der Waals surface area contributed by atoms with E-state index in [1.54, 1.807) is 0 Å². The number of fused-ring (bicyclic) bond motifs is 1. The van der Waals surface area contributed by atoms with Crippen molar-refractivity contribution < 1.29 is 23.5 Å². The van der Waals surface area contributed by atoms with Crippen LogP contribution in [0.3, 0.4) is 0 Å². The number of rotatable bonds is 4. The Morgan fingerprint density at radius 3 is 1.47 bits per heavy atom. The molecule has 4 aromatic rings. The molecule has 2 fully saturated rings. The third-order valence-corrected chi connectivity index (χ3v) is 8.22. The molecule has 2 saturated heterocycles. The average Bonchev–Trinajstić information content (AvgIpc) is 3.40. The molecule has 0 bridgehead atoms. The summed E-state index contributed by atoms with van der Waals surface area (Å²) in [6.07, 6.45) is -1.48. The number of benzene rings is 4. The van der Waals surface area contributed by atoms with Crippen molar-refractivity contribution in [1.29, 1.82) is 0 Å². The molecule has 3 atom stereocenters. The molecule has 0 aromatic heterocycles. The van der Waals surface area contributed by atoms with Gasteiger partial charge in [-0.25, -0.2) is 9.65 Å². The molecule has 0 saturated carbocycles. The molecule has 36 heavy (non-hydrogen) atoms. The van der Waals surface area contributed by atoms with Crippen LogP contribution in [0.15, 0.2) is 121 Å². The first-order valence-corrected chi connectivity index (χ1v) is 13.4. The van der Waals surface area contributed by atoms with Crippen LogP contribution in [-0.4, -0.2) is 23.9 Å². The van der Waals surface area contributed by atoms with Crippen molar-refractivity contribution in [2.24, 2.45) is 0 Å². The molecule has 6 nitrogen and oxygen atoms in total. The van der Waals surface area contributed by atoms with Crippen LogP contribution in [0.4, 0.5) is 0 Å². The zero-order valence-electron chi connectivity index (χ0n) is 19.4. The number of hydrogen-bond donors (Lipinski definition) is 2. The third-order valence-electron chi connectivity index (χ3n) is 7.05. The van der Waals surface area contributed by atoms with Gasteiger partial charge in [0, 0.05) is 0 Å². The van der Waals surface area contributed by atoms with Gasteiger partial charge in [0.2, 0.25) is 0 Å². The Labute approximate surface area is 210 Å². The standard InChI is InChI=1S/C29H26NO5P/c31-36(32)30-28(22-13-5-1-6-14-22,23-15-7-2-8-16-23)26-27(34-21-33-26)29(35-36,24-17-9-3-10-18-24)25-19-11-4-12-20-25/h1-20,26-27H,21H2,(H2,30,31,32). The SMILES string of the molecule is O=P1(O)NC(c2ccccc2)(c2ccccc2)C2OCOC2C(c2ccccc2)(c2ccccc2)O1. The van der Waals surface area contributed by atoms with E-state index in [1.807, 2.05) is 121 Å². The van der Waals surface area contributed by atoms with Gasteiger partial charge in [-0.05, 0) is 22.3 Å². The fraction of sp³-hybridized carbons (Fsp3) is 0.172. The third kappa shape index (κ3) is 3.66. The Balaban J connectivity index is 1.68. The van der Waals surface area contributed by atoms with Crippen LogP contribution in [0.25, 0.3) is 0 Å². The van der Waals surface area contributed by atoms with E-state index in [0.717, 1.165) is 11.1 Å². The van der Waals surface area contributed by atoms with Gasteiger partial charge in [0.1, 0.15) is 24.5 Å². The average molecular weight is 500 g/mol. The lowest BCUT2D eigenvalue weighted by Gasteiger charge is -2.42. The molecule has 0 spiro atoms. The van der Waals surface area contributed by atoms with E-state index in [1.165, 1.54) is 0 Å². The Morgan fingerprint density at radius 2 is 1.03 bits per heavy atom. The first-order chi connectivity index (χ1) is 17.6. The summed E-state index contributed by atoms with van der Waals surface area (Å²) in [6, 6.07) is 38.1. The molecule has 2 aliphatic rings. The summed E-state index contributed by atoms with van der Waals surface area (Å²) in [5.41, 5.74) is 0.276. The topological polar surface area (TPSA) is 77.0 Å². The molecule has 6 rings (SSSR count). The molecule has 182 valence electrons. The Hall–Kier alpha value is -3.09. The largest absolute Gasteiger partial charge is 0.405 e. The summed E-state index contributed by atoms with van der Waals surface area (Å²) in [6.45, 7) is 0.0128. The maximum Gasteiger partial charge on any atom is 0.405 e. The highest BCUT2D eigenvalue weighted by molar-refractivity contribution is 7.50. The van der Waals surface area contributed by atoms with E-state index in [9.17, 15) is 9.46 Å². The van der Waals surface area contributed by atoms with Crippen LogP contribution in [0.1, 0.15) is 22.3 Å². The molecule has 2 heterocycles. The molecule has 3 unspecified atom stereocenters. The first kappa shape index (κ1) is 23.3. The summed E-state index contributed by atoms with van der Waals surface area (Å²) in [4.78, 5) is 11.5. The lowest BCUT2D eigenvalue weighted by Crippen LogP contribution is -2.56. The van der Waals surface area contributed by atoms with E-state index in [2.05, 4.69) is 5.09 Å². The van der Waals surface area contributed by atoms with Gasteiger partial charge in [-0.1, -0.05) is 121 Å². The minimum absolute atomic E-state index is 0.0128. The molecular formula is C29H26NO5P. The zero-order chi connectivity index (χ0) is 24.6. The lowest BCUT2D eigenvalue weighted by molar-refractivity contribution is -0.0531. The van der Waals surface area contributed by atoms with E-state index >= 15 is 0 Å². The molecule has 0 aliphatic carbocycles. The highest BCUT2D eigenvalue weighted by atomic mass is 31.2. The summed E-state index contributed by atoms with van der Waals surface area (Å²) in [5.74, 6) is 0. The number of nitrogens with one attached hydrogen (secondary N) is 1. The zero-order valence-corrected chi connectivity index (χ0v) is 20.3. The Bertz CT molecular complexity index is 1190. The fourth-order valence-electron chi connectivity index (χ4n) is 5.60. The molecular weight excluding hydrogens is 473 g/mol. The maximum atomic E-state index is 14.1. The second kappa shape index (κ2) is 9.09. The van der Waals surface area contributed by atoms with Gasteiger partial charge in [-0.2, -0.15) is 0 Å². The van der Waals surface area contributed by atoms with Crippen molar-refractivity contribution in [2.75, 3.05) is 6.79 Å². The second-order valence-corrected chi connectivity index (χ2v) is 10.5. The molecule has 7 heteroatoms. The van der Waals surface area contributed by atoms with Gasteiger partial charge >= 0.3 is 7.75 Å². The van der Waals surface area contributed by atoms with Crippen LogP contribution in [0, 0.1) is 0 Å². The first-order valence-electron chi connectivity index (χ1n) is 11.8. The Kier molecular flexibility index (Phi) is 5.89. The van der Waals surface area contributed by atoms with Gasteiger partial charge < -0.3 is 14.4 Å². The molecule has 0 amide bonds. The monoisotopic (exact) mass is 499 g/mol. The molecule has 0 radical (unpaired) electrons. The maximum absolute atomic E-state index is 14.1. The highest BCUT2D eigenvalue weighted by Crippen LogP contribution is 2.61. The minimum atomic E-state index is -4.50. The minimum Gasteiger partial charge on any atom is -0.347 e. The van der Waals surface area contributed by atoms with Crippen molar-refractivity contribution >= 4 is 7.75 Å². The second-order valence-electron chi connectivity index (χ2n) is 9.02. The van der Waals surface area contributed by atoms with Gasteiger partial charge in [0.25, 0.3) is 0 Å². The van der Waals surface area contributed by atoms with E-state index in [0.29, 0.717) is 11.1 Å². The Morgan fingerprint density at radius 1 is 0.639 bits per heavy atom. The van der Waals surface area contributed by atoms with Gasteiger partial charge in [0.05, 0.1) is 0 Å². The summed E-state index contributed by atoms with van der Waals surface area (Å²) < 4.78 is 33.2. The van der Waals surface area contributed by atoms with E-state index in [-0.39, 0.29) is 6.79 Å². The van der Waals surface area contributed by atoms with Crippen molar-refractivity contribution in [3.8, 4) is 0 Å². The summed E-state index contributed by atoms with van der Waals surface area (Å²) in [7, 11) is -4.50. The van der Waals surface area contributed by atoms with Gasteiger partial charge in [-0.3, -0.25) is 4.52 Å². The summed E-state index contributed by atoms with van der Waals surface area (Å²) >= 11 is 0. The molecule has 2 aliphatic heterocycles. The predicted molar refractivity (Wildman–Crippen MR) is 136 cm³/mol. The molecule has 2 N–H and O–H groups in total. The number of hydrogen-bond acceptors (Lipinski definition) is 4. The van der Waals surface area contributed by atoms with Crippen molar-refractivity contribution in [1.82, 2.24) is 5.09 Å². The smallest absolute Gasteiger partial charge is 0.347 e. The number of ether oxygens (including phenoxy) is 2. The molecule has 4 aromatic carbocycles. The van der Waals surface area contributed by atoms with Crippen LogP contribution >= 0.6 is 7.75 Å². The predicted octanol–water partition coefficient (Wildman–Crippen LogP) is 5.34. The van der Waals surface area contributed by atoms with E-state index < -0.39 is 31.1 Å². The van der Waals surface area contributed by atoms with Crippen LogP contribution in [0.5, 0.6) is 0 Å². The quantitative estimate of drug-likeness (QED) is 0.370. The normalized spacial score (nSPS) is 26.6. The lowest BCUT2D eigenvalue weighted by atomic mass is 9.70. The van der Waals surface area contributed by atoms with Gasteiger partial charge in [0.15, 0.2) is 5.60 Å². The van der Waals surface area contributed by atoms with Crippen LogP contribution in [0.2, 0.25) is 0 Å². The van der Waals surface area contributed by atoms with Crippen LogP contribution < -0.4 is 5.09 Å². The summed E-state index contributed by atoms with van der Waals surface area (Å²) in [5, 5.41) is 3.05. The van der Waals surface area contributed by atoms with Crippen LogP contribution in [-0.2, 0) is 29.7 Å².